The van der Waals surface area contributed by atoms with Gasteiger partial charge in [0.05, 0.1) is 22.0 Å². The van der Waals surface area contributed by atoms with Crippen LogP contribution in [0.1, 0.15) is 29.5 Å². The number of pyridine rings is 1. The van der Waals surface area contributed by atoms with Crippen molar-refractivity contribution in [3.05, 3.63) is 89.1 Å². The predicted octanol–water partition coefficient (Wildman–Crippen LogP) is 6.31. The second kappa shape index (κ2) is 9.67. The molecule has 2 aromatic carbocycles. The molecule has 2 heterocycles. The molecule has 0 saturated carbocycles. The Kier molecular flexibility index (Phi) is 6.53. The van der Waals surface area contributed by atoms with Gasteiger partial charge < -0.3 is 5.32 Å². The molecule has 0 atom stereocenters. The van der Waals surface area contributed by atoms with Crippen molar-refractivity contribution in [3.8, 4) is 21.7 Å². The summed E-state index contributed by atoms with van der Waals surface area (Å²) in [6, 6.07) is 22.1. The number of carbonyl (C=O) groups is 1. The molecule has 0 spiro atoms. The van der Waals surface area contributed by atoms with Crippen LogP contribution in [0.25, 0.3) is 21.7 Å². The van der Waals surface area contributed by atoms with Gasteiger partial charge in [-0.15, -0.1) is 11.3 Å². The summed E-state index contributed by atoms with van der Waals surface area (Å²) in [5, 5.41) is 4.06. The second-order valence-electron chi connectivity index (χ2n) is 7.55. The van der Waals surface area contributed by atoms with Crippen LogP contribution in [-0.4, -0.2) is 15.9 Å². The zero-order chi connectivity index (χ0) is 21.6. The monoisotopic (exact) mass is 427 g/mol. The highest BCUT2D eigenvalue weighted by atomic mass is 32.1. The van der Waals surface area contributed by atoms with E-state index in [2.05, 4.69) is 48.4 Å². The summed E-state index contributed by atoms with van der Waals surface area (Å²) in [4.78, 5) is 22.9. The lowest BCUT2D eigenvalue weighted by Gasteiger charge is -2.08. The first-order valence-corrected chi connectivity index (χ1v) is 11.3. The molecule has 4 aromatic rings. The van der Waals surface area contributed by atoms with Gasteiger partial charge in [-0.3, -0.25) is 4.79 Å². The largest absolute Gasteiger partial charge is 0.310 e. The van der Waals surface area contributed by atoms with E-state index in [9.17, 15) is 4.79 Å². The third-order valence-electron chi connectivity index (χ3n) is 4.92. The van der Waals surface area contributed by atoms with Gasteiger partial charge in [0.15, 0.2) is 0 Å². The van der Waals surface area contributed by atoms with Crippen LogP contribution in [0, 0.1) is 6.92 Å². The van der Waals surface area contributed by atoms with Crippen molar-refractivity contribution in [2.45, 2.75) is 33.1 Å². The molecule has 0 bridgehead atoms. The molecular formula is C26H25N3OS. The Morgan fingerprint density at radius 3 is 2.61 bits per heavy atom. The van der Waals surface area contributed by atoms with Crippen LogP contribution < -0.4 is 5.32 Å². The number of aromatic nitrogens is 2. The van der Waals surface area contributed by atoms with Crippen LogP contribution in [0.5, 0.6) is 0 Å². The van der Waals surface area contributed by atoms with Crippen molar-refractivity contribution in [2.24, 2.45) is 0 Å². The van der Waals surface area contributed by atoms with Crippen LogP contribution >= 0.6 is 11.3 Å². The maximum atomic E-state index is 12.5. The van der Waals surface area contributed by atoms with E-state index in [4.69, 9.17) is 4.98 Å². The molecule has 0 unspecified atom stereocenters. The number of nitrogens with zero attached hydrogens (tertiary/aromatic N) is 2. The lowest BCUT2D eigenvalue weighted by atomic mass is 10.1. The van der Waals surface area contributed by atoms with E-state index in [0.29, 0.717) is 12.2 Å². The molecule has 2 aromatic heterocycles. The first kappa shape index (κ1) is 20.9. The van der Waals surface area contributed by atoms with Gasteiger partial charge in [-0.25, -0.2) is 9.97 Å². The molecule has 156 valence electrons. The third kappa shape index (κ3) is 5.25. The SMILES string of the molecule is CCCc1nc(-c2cccc(C)c2)c(-c2ccnc(NC(=O)Cc3ccccc3)c2)s1. The molecule has 4 rings (SSSR count). The van der Waals surface area contributed by atoms with Crippen molar-refractivity contribution in [3.63, 3.8) is 0 Å². The fraction of sp³-hybridized carbons (Fsp3) is 0.192. The van der Waals surface area contributed by atoms with Gasteiger partial charge in [-0.1, -0.05) is 61.0 Å². The summed E-state index contributed by atoms with van der Waals surface area (Å²) in [6.07, 6.45) is 4.07. The molecule has 1 amide bonds. The predicted molar refractivity (Wildman–Crippen MR) is 128 cm³/mol. The number of nitrogens with one attached hydrogen (secondary N) is 1. The smallest absolute Gasteiger partial charge is 0.229 e. The van der Waals surface area contributed by atoms with Gasteiger partial charge in [0.1, 0.15) is 5.82 Å². The molecule has 0 saturated heterocycles. The standard InChI is InChI=1S/C26H25N3OS/c1-3-8-24-29-25(20-12-7-9-18(2)15-20)26(31-24)21-13-14-27-22(17-21)28-23(30)16-19-10-5-4-6-11-19/h4-7,9-15,17H,3,8,16H2,1-2H3,(H,27,28,30). The molecule has 0 fully saturated rings. The number of thiazole rings is 1. The molecule has 0 aliphatic rings. The van der Waals surface area contributed by atoms with E-state index in [1.54, 1.807) is 17.5 Å². The number of aryl methyl sites for hydroxylation is 2. The molecule has 0 aliphatic heterocycles. The Bertz CT molecular complexity index is 1180. The van der Waals surface area contributed by atoms with Crippen molar-refractivity contribution >= 4 is 23.1 Å². The number of benzene rings is 2. The van der Waals surface area contributed by atoms with Gasteiger partial charge in [0.25, 0.3) is 0 Å². The highest BCUT2D eigenvalue weighted by Gasteiger charge is 2.16. The number of hydrogen-bond acceptors (Lipinski definition) is 4. The van der Waals surface area contributed by atoms with Crippen molar-refractivity contribution in [1.29, 1.82) is 0 Å². The van der Waals surface area contributed by atoms with E-state index in [-0.39, 0.29) is 5.91 Å². The van der Waals surface area contributed by atoms with Gasteiger partial charge >= 0.3 is 0 Å². The van der Waals surface area contributed by atoms with Crippen LogP contribution in [-0.2, 0) is 17.6 Å². The number of anilines is 1. The Hall–Kier alpha value is -3.31. The summed E-state index contributed by atoms with van der Waals surface area (Å²) in [6.45, 7) is 4.26. The van der Waals surface area contributed by atoms with Crippen LogP contribution in [0.15, 0.2) is 72.9 Å². The van der Waals surface area contributed by atoms with Crippen molar-refractivity contribution < 1.29 is 4.79 Å². The minimum Gasteiger partial charge on any atom is -0.310 e. The van der Waals surface area contributed by atoms with Gasteiger partial charge in [0.2, 0.25) is 5.91 Å². The Morgan fingerprint density at radius 2 is 1.84 bits per heavy atom. The van der Waals surface area contributed by atoms with E-state index in [1.807, 2.05) is 42.5 Å². The first-order chi connectivity index (χ1) is 15.1. The van der Waals surface area contributed by atoms with E-state index >= 15 is 0 Å². The average Bonchev–Trinajstić information content (AvgIpc) is 3.19. The maximum Gasteiger partial charge on any atom is 0.229 e. The van der Waals surface area contributed by atoms with E-state index in [0.717, 1.165) is 45.1 Å². The molecule has 0 aliphatic carbocycles. The summed E-state index contributed by atoms with van der Waals surface area (Å²) in [7, 11) is 0. The third-order valence-corrected chi connectivity index (χ3v) is 6.09. The van der Waals surface area contributed by atoms with Crippen LogP contribution in [0.4, 0.5) is 5.82 Å². The Balaban J connectivity index is 1.63. The average molecular weight is 428 g/mol. The fourth-order valence-electron chi connectivity index (χ4n) is 3.48. The van der Waals surface area contributed by atoms with E-state index in [1.165, 1.54) is 5.56 Å². The molecule has 1 N–H and O–H groups in total. The Morgan fingerprint density at radius 1 is 1.00 bits per heavy atom. The number of amides is 1. The minimum absolute atomic E-state index is 0.0780. The molecule has 0 radical (unpaired) electrons. The van der Waals surface area contributed by atoms with E-state index < -0.39 is 0 Å². The normalized spacial score (nSPS) is 10.8. The summed E-state index contributed by atoms with van der Waals surface area (Å²) < 4.78 is 0. The van der Waals surface area contributed by atoms with Gasteiger partial charge in [-0.2, -0.15) is 0 Å². The zero-order valence-electron chi connectivity index (χ0n) is 17.8. The number of carbonyl (C=O) groups excluding carboxylic acids is 1. The lowest BCUT2D eigenvalue weighted by molar-refractivity contribution is -0.115. The van der Waals surface area contributed by atoms with Crippen molar-refractivity contribution in [1.82, 2.24) is 9.97 Å². The maximum absolute atomic E-state index is 12.5. The summed E-state index contributed by atoms with van der Waals surface area (Å²) in [5.41, 5.74) is 5.30. The topological polar surface area (TPSA) is 54.9 Å². The van der Waals surface area contributed by atoms with Crippen molar-refractivity contribution in [2.75, 3.05) is 5.32 Å². The van der Waals surface area contributed by atoms with Gasteiger partial charge in [-0.05, 0) is 49.1 Å². The second-order valence-corrected chi connectivity index (χ2v) is 8.63. The number of rotatable bonds is 7. The molecule has 31 heavy (non-hydrogen) atoms. The lowest BCUT2D eigenvalue weighted by Crippen LogP contribution is -2.15. The highest BCUT2D eigenvalue weighted by molar-refractivity contribution is 7.15. The quantitative estimate of drug-likeness (QED) is 0.376. The molecule has 4 nitrogen and oxygen atoms in total. The summed E-state index contributed by atoms with van der Waals surface area (Å²) >= 11 is 1.72. The summed E-state index contributed by atoms with van der Waals surface area (Å²) in [5.74, 6) is 0.477. The number of hydrogen-bond donors (Lipinski definition) is 1. The molecular weight excluding hydrogens is 402 g/mol. The molecule has 5 heteroatoms. The fourth-order valence-corrected chi connectivity index (χ4v) is 4.66. The zero-order valence-corrected chi connectivity index (χ0v) is 18.6. The first-order valence-electron chi connectivity index (χ1n) is 10.5. The van der Waals surface area contributed by atoms with Gasteiger partial charge in [0, 0.05) is 11.8 Å². The Labute approximate surface area is 187 Å². The highest BCUT2D eigenvalue weighted by Crippen LogP contribution is 2.38. The van der Waals surface area contributed by atoms with Crippen LogP contribution in [0.2, 0.25) is 0 Å². The minimum atomic E-state index is -0.0780. The van der Waals surface area contributed by atoms with Crippen LogP contribution in [0.3, 0.4) is 0 Å².